The SMILES string of the molecule is CC(C)C(=N)c1cc(C(=O)NC(C)c2cc(C(F)(F)F)cc(C(F)(F)F)c2)ccn1. The van der Waals surface area contributed by atoms with E-state index in [-0.39, 0.29) is 34.5 Å². The van der Waals surface area contributed by atoms with Crippen LogP contribution in [0.1, 0.15) is 59.6 Å². The lowest BCUT2D eigenvalue weighted by Crippen LogP contribution is -2.27. The van der Waals surface area contributed by atoms with Crippen molar-refractivity contribution in [1.82, 2.24) is 10.3 Å². The molecule has 1 atom stereocenters. The van der Waals surface area contributed by atoms with Gasteiger partial charge in [0.25, 0.3) is 5.91 Å². The predicted octanol–water partition coefficient (Wildman–Crippen LogP) is 5.63. The first-order valence-corrected chi connectivity index (χ1v) is 8.85. The number of aromatic nitrogens is 1. The smallest absolute Gasteiger partial charge is 0.346 e. The summed E-state index contributed by atoms with van der Waals surface area (Å²) >= 11 is 0. The van der Waals surface area contributed by atoms with Crippen LogP contribution in [0.15, 0.2) is 36.5 Å². The molecular weight excluding hydrogens is 412 g/mol. The summed E-state index contributed by atoms with van der Waals surface area (Å²) in [6, 6.07) is 2.73. The molecule has 10 heteroatoms. The topological polar surface area (TPSA) is 65.8 Å². The van der Waals surface area contributed by atoms with Crippen molar-refractivity contribution in [3.05, 3.63) is 64.5 Å². The van der Waals surface area contributed by atoms with Crippen molar-refractivity contribution < 1.29 is 31.1 Å². The highest BCUT2D eigenvalue weighted by molar-refractivity contribution is 6.01. The first-order chi connectivity index (χ1) is 13.7. The molecule has 0 aliphatic rings. The molecule has 0 aliphatic heterocycles. The highest BCUT2D eigenvalue weighted by atomic mass is 19.4. The summed E-state index contributed by atoms with van der Waals surface area (Å²) in [6.45, 7) is 4.82. The van der Waals surface area contributed by atoms with Gasteiger partial charge < -0.3 is 10.7 Å². The van der Waals surface area contributed by atoms with Crippen LogP contribution in [0.4, 0.5) is 26.3 Å². The van der Waals surface area contributed by atoms with E-state index in [4.69, 9.17) is 5.41 Å². The Bertz CT molecular complexity index is 918. The molecule has 0 fully saturated rings. The van der Waals surface area contributed by atoms with Crippen LogP contribution in [0.25, 0.3) is 0 Å². The molecule has 162 valence electrons. The number of nitrogens with zero attached hydrogens (tertiary/aromatic N) is 1. The van der Waals surface area contributed by atoms with Crippen LogP contribution >= 0.6 is 0 Å². The van der Waals surface area contributed by atoms with E-state index < -0.39 is 35.4 Å². The number of carbonyl (C=O) groups excluding carboxylic acids is 1. The van der Waals surface area contributed by atoms with Crippen LogP contribution in [0, 0.1) is 11.3 Å². The molecule has 4 nitrogen and oxygen atoms in total. The van der Waals surface area contributed by atoms with Gasteiger partial charge >= 0.3 is 12.4 Å². The van der Waals surface area contributed by atoms with Gasteiger partial charge in [-0.15, -0.1) is 0 Å². The van der Waals surface area contributed by atoms with Crippen LogP contribution in [0.3, 0.4) is 0 Å². The van der Waals surface area contributed by atoms with Crippen LogP contribution in [0.2, 0.25) is 0 Å². The molecule has 1 heterocycles. The molecule has 1 amide bonds. The van der Waals surface area contributed by atoms with Gasteiger partial charge in [0.2, 0.25) is 0 Å². The lowest BCUT2D eigenvalue weighted by Gasteiger charge is -2.19. The zero-order valence-electron chi connectivity index (χ0n) is 16.2. The van der Waals surface area contributed by atoms with Gasteiger partial charge in [-0.05, 0) is 48.7 Å². The lowest BCUT2D eigenvalue weighted by molar-refractivity contribution is -0.143. The largest absolute Gasteiger partial charge is 0.416 e. The average molecular weight is 431 g/mol. The van der Waals surface area contributed by atoms with Gasteiger partial charge in [-0.25, -0.2) is 0 Å². The van der Waals surface area contributed by atoms with Crippen molar-refractivity contribution in [2.75, 3.05) is 0 Å². The van der Waals surface area contributed by atoms with Gasteiger partial charge in [-0.3, -0.25) is 9.78 Å². The Labute approximate surface area is 168 Å². The fraction of sp³-hybridized carbons (Fsp3) is 0.350. The number of rotatable bonds is 5. The fourth-order valence-electron chi connectivity index (χ4n) is 2.61. The number of alkyl halides is 6. The predicted molar refractivity (Wildman–Crippen MR) is 98.2 cm³/mol. The van der Waals surface area contributed by atoms with Crippen molar-refractivity contribution in [2.24, 2.45) is 5.92 Å². The molecule has 2 rings (SSSR count). The number of hydrogen-bond donors (Lipinski definition) is 2. The molecule has 1 aromatic heterocycles. The number of hydrogen-bond acceptors (Lipinski definition) is 3. The monoisotopic (exact) mass is 431 g/mol. The Hall–Kier alpha value is -2.91. The Morgan fingerprint density at radius 3 is 1.97 bits per heavy atom. The molecule has 0 radical (unpaired) electrons. The molecule has 0 aliphatic carbocycles. The second kappa shape index (κ2) is 8.45. The first kappa shape index (κ1) is 23.4. The summed E-state index contributed by atoms with van der Waals surface area (Å²) < 4.78 is 78.2. The van der Waals surface area contributed by atoms with Crippen LogP contribution in [0.5, 0.6) is 0 Å². The van der Waals surface area contributed by atoms with E-state index in [0.717, 1.165) is 0 Å². The number of nitrogens with one attached hydrogen (secondary N) is 2. The number of amides is 1. The number of halogens is 6. The zero-order chi connectivity index (χ0) is 22.9. The minimum Gasteiger partial charge on any atom is -0.346 e. The minimum absolute atomic E-state index is 0.0325. The third-order valence-electron chi connectivity index (χ3n) is 4.33. The third-order valence-corrected chi connectivity index (χ3v) is 4.33. The number of benzene rings is 1. The minimum atomic E-state index is -4.98. The molecule has 1 unspecified atom stereocenters. The molecule has 1 aromatic carbocycles. The summed E-state index contributed by atoms with van der Waals surface area (Å²) in [6.07, 6.45) is -8.65. The Kier molecular flexibility index (Phi) is 6.58. The summed E-state index contributed by atoms with van der Waals surface area (Å²) in [7, 11) is 0. The van der Waals surface area contributed by atoms with Gasteiger partial charge in [0.15, 0.2) is 0 Å². The van der Waals surface area contributed by atoms with Gasteiger partial charge in [0, 0.05) is 11.8 Å². The maximum atomic E-state index is 13.0. The summed E-state index contributed by atoms with van der Waals surface area (Å²) in [5.41, 5.74) is -2.72. The van der Waals surface area contributed by atoms with Crippen molar-refractivity contribution in [1.29, 1.82) is 5.41 Å². The van der Waals surface area contributed by atoms with Gasteiger partial charge in [0.1, 0.15) is 0 Å². The van der Waals surface area contributed by atoms with E-state index in [9.17, 15) is 31.1 Å². The Balaban J connectivity index is 2.33. The molecule has 0 bridgehead atoms. The van der Waals surface area contributed by atoms with E-state index >= 15 is 0 Å². The second-order valence-electron chi connectivity index (χ2n) is 7.03. The number of carbonyl (C=O) groups is 1. The van der Waals surface area contributed by atoms with E-state index in [2.05, 4.69) is 10.3 Å². The standard InChI is InChI=1S/C20H19F6N3O/c1-10(2)17(27)16-8-12(4-5-28-16)18(30)29-11(3)13-6-14(19(21,22)23)9-15(7-13)20(24,25)26/h4-11,27H,1-3H3,(H,29,30). The molecule has 0 saturated carbocycles. The Morgan fingerprint density at radius 2 is 1.50 bits per heavy atom. The second-order valence-corrected chi connectivity index (χ2v) is 7.03. The van der Waals surface area contributed by atoms with E-state index in [1.165, 1.54) is 25.3 Å². The van der Waals surface area contributed by atoms with Gasteiger partial charge in [-0.2, -0.15) is 26.3 Å². The van der Waals surface area contributed by atoms with Crippen LogP contribution < -0.4 is 5.32 Å². The number of pyridine rings is 1. The molecule has 2 aromatic rings. The maximum absolute atomic E-state index is 13.0. The van der Waals surface area contributed by atoms with Crippen molar-refractivity contribution in [2.45, 2.75) is 39.2 Å². The Morgan fingerprint density at radius 1 is 0.967 bits per heavy atom. The van der Waals surface area contributed by atoms with E-state index in [1.54, 1.807) is 13.8 Å². The van der Waals surface area contributed by atoms with Crippen molar-refractivity contribution >= 4 is 11.6 Å². The summed E-state index contributed by atoms with van der Waals surface area (Å²) in [5, 5.41) is 10.3. The van der Waals surface area contributed by atoms with Gasteiger partial charge in [-0.1, -0.05) is 13.8 Å². The molecule has 0 saturated heterocycles. The highest BCUT2D eigenvalue weighted by Crippen LogP contribution is 2.37. The molecule has 2 N–H and O–H groups in total. The fourth-order valence-corrected chi connectivity index (χ4v) is 2.61. The highest BCUT2D eigenvalue weighted by Gasteiger charge is 2.37. The molecular formula is C20H19F6N3O. The van der Waals surface area contributed by atoms with Crippen molar-refractivity contribution in [3.63, 3.8) is 0 Å². The zero-order valence-corrected chi connectivity index (χ0v) is 16.2. The van der Waals surface area contributed by atoms with Crippen LogP contribution in [-0.4, -0.2) is 16.6 Å². The van der Waals surface area contributed by atoms with Crippen molar-refractivity contribution in [3.8, 4) is 0 Å². The third kappa shape index (κ3) is 5.58. The van der Waals surface area contributed by atoms with Crippen LogP contribution in [-0.2, 0) is 12.4 Å². The quantitative estimate of drug-likeness (QED) is 0.476. The molecule has 30 heavy (non-hydrogen) atoms. The van der Waals surface area contributed by atoms with E-state index in [0.29, 0.717) is 12.1 Å². The summed E-state index contributed by atoms with van der Waals surface area (Å²) in [4.78, 5) is 16.5. The average Bonchev–Trinajstić information content (AvgIpc) is 2.65. The van der Waals surface area contributed by atoms with E-state index in [1.807, 2.05) is 0 Å². The normalized spacial score (nSPS) is 13.3. The summed E-state index contributed by atoms with van der Waals surface area (Å²) in [5.74, 6) is -0.866. The van der Waals surface area contributed by atoms with Gasteiger partial charge in [0.05, 0.1) is 28.6 Å². The first-order valence-electron chi connectivity index (χ1n) is 8.85. The lowest BCUT2D eigenvalue weighted by atomic mass is 10.00. The maximum Gasteiger partial charge on any atom is 0.416 e. The molecule has 0 spiro atoms.